The summed E-state index contributed by atoms with van der Waals surface area (Å²) in [5.74, 6) is 0.734. The molecule has 0 unspecified atom stereocenters. The molecular weight excluding hydrogens is 392 g/mol. The van der Waals surface area contributed by atoms with E-state index in [-0.39, 0.29) is 0 Å². The lowest BCUT2D eigenvalue weighted by molar-refractivity contribution is 0.417. The van der Waals surface area contributed by atoms with E-state index in [4.69, 9.17) is 28.6 Å². The lowest BCUT2D eigenvalue weighted by Gasteiger charge is -2.14. The third kappa shape index (κ3) is 4.46. The van der Waals surface area contributed by atoms with Gasteiger partial charge in [-0.25, -0.2) is 0 Å². The second-order valence-corrected chi connectivity index (χ2v) is 7.39. The Hall–Kier alpha value is -2.57. The van der Waals surface area contributed by atoms with Gasteiger partial charge in [0.1, 0.15) is 5.75 Å². The van der Waals surface area contributed by atoms with Crippen molar-refractivity contribution in [1.29, 1.82) is 0 Å². The number of hydrogen-bond acceptors (Lipinski definition) is 3. The quantitative estimate of drug-likeness (QED) is 0.553. The number of nitrogens with zero attached hydrogens (tertiary/aromatic N) is 2. The molecule has 0 radical (unpaired) electrons. The van der Waals surface area contributed by atoms with Gasteiger partial charge in [0.25, 0.3) is 0 Å². The van der Waals surface area contributed by atoms with E-state index in [9.17, 15) is 0 Å². The normalized spacial score (nSPS) is 10.6. The van der Waals surface area contributed by atoms with Crippen LogP contribution in [0.15, 0.2) is 42.5 Å². The Labute approximate surface area is 175 Å². The molecule has 0 saturated heterocycles. The fraction of sp³-hybridized carbons (Fsp3) is 0.238. The molecule has 5 nitrogen and oxygen atoms in total. The molecule has 1 aromatic heterocycles. The molecule has 7 heteroatoms. The molecule has 0 saturated carbocycles. The molecule has 3 rings (SSSR count). The molecule has 0 atom stereocenters. The molecule has 0 amide bonds. The minimum absolute atomic E-state index is 0.479. The molecule has 0 spiro atoms. The Kier molecular flexibility index (Phi) is 6.21. The fourth-order valence-corrected chi connectivity index (χ4v) is 3.41. The second kappa shape index (κ2) is 8.63. The summed E-state index contributed by atoms with van der Waals surface area (Å²) in [6.45, 7) is 6.58. The number of aryl methyl sites for hydroxylation is 2. The van der Waals surface area contributed by atoms with Crippen LogP contribution in [-0.2, 0) is 6.54 Å². The van der Waals surface area contributed by atoms with Crippen molar-refractivity contribution in [2.24, 2.45) is 0 Å². The Bertz CT molecular complexity index is 1020. The molecule has 2 N–H and O–H groups in total. The van der Waals surface area contributed by atoms with E-state index in [0.29, 0.717) is 11.7 Å². The largest absolute Gasteiger partial charge is 0.495 e. The van der Waals surface area contributed by atoms with Crippen LogP contribution in [0.1, 0.15) is 22.5 Å². The van der Waals surface area contributed by atoms with Crippen molar-refractivity contribution < 1.29 is 4.74 Å². The molecule has 3 aromatic rings. The van der Waals surface area contributed by atoms with E-state index < -0.39 is 0 Å². The van der Waals surface area contributed by atoms with Crippen LogP contribution >= 0.6 is 23.8 Å². The standard InChI is InChI=1S/C21H23ClN4OS/c1-13-9-10-19(27-4)18(11-13)23-21(28)24-20-14(2)25-26(15(20)3)12-16-7-5-6-8-17(16)22/h5-11H,12H2,1-4H3,(H2,23,24,28). The van der Waals surface area contributed by atoms with Gasteiger partial charge in [0.15, 0.2) is 5.11 Å². The molecule has 0 aliphatic rings. The highest BCUT2D eigenvalue weighted by molar-refractivity contribution is 7.80. The summed E-state index contributed by atoms with van der Waals surface area (Å²) >= 11 is 11.8. The number of aromatic nitrogens is 2. The SMILES string of the molecule is COc1ccc(C)cc1NC(=S)Nc1c(C)nn(Cc2ccccc2Cl)c1C. The smallest absolute Gasteiger partial charge is 0.175 e. The number of thiocarbonyl (C=S) groups is 1. The first-order valence-corrected chi connectivity index (χ1v) is 9.67. The van der Waals surface area contributed by atoms with Crippen LogP contribution in [0, 0.1) is 20.8 Å². The molecule has 2 aromatic carbocycles. The average Bonchev–Trinajstić information content (AvgIpc) is 2.91. The summed E-state index contributed by atoms with van der Waals surface area (Å²) < 4.78 is 7.33. The molecular formula is C21H23ClN4OS. The Morgan fingerprint density at radius 3 is 2.61 bits per heavy atom. The lowest BCUT2D eigenvalue weighted by Crippen LogP contribution is -2.20. The topological polar surface area (TPSA) is 51.1 Å². The first kappa shape index (κ1) is 20.2. The van der Waals surface area contributed by atoms with Gasteiger partial charge in [-0.2, -0.15) is 5.10 Å². The third-order valence-electron chi connectivity index (χ3n) is 4.50. The summed E-state index contributed by atoms with van der Waals surface area (Å²) in [5, 5.41) is 12.3. The van der Waals surface area contributed by atoms with Crippen molar-refractivity contribution in [3.8, 4) is 5.75 Å². The monoisotopic (exact) mass is 414 g/mol. The van der Waals surface area contributed by atoms with Gasteiger partial charge in [0.2, 0.25) is 0 Å². The summed E-state index contributed by atoms with van der Waals surface area (Å²) in [4.78, 5) is 0. The highest BCUT2D eigenvalue weighted by Gasteiger charge is 2.14. The van der Waals surface area contributed by atoms with Gasteiger partial charge in [0, 0.05) is 5.02 Å². The average molecular weight is 415 g/mol. The molecule has 1 heterocycles. The molecule has 146 valence electrons. The Morgan fingerprint density at radius 2 is 1.89 bits per heavy atom. The van der Waals surface area contributed by atoms with E-state index in [1.165, 1.54) is 0 Å². The van der Waals surface area contributed by atoms with Crippen molar-refractivity contribution >= 4 is 40.3 Å². The minimum atomic E-state index is 0.479. The summed E-state index contributed by atoms with van der Waals surface area (Å²) in [6, 6.07) is 13.7. The zero-order valence-corrected chi connectivity index (χ0v) is 17.9. The van der Waals surface area contributed by atoms with Crippen molar-refractivity contribution in [2.75, 3.05) is 17.7 Å². The number of anilines is 2. The van der Waals surface area contributed by atoms with Crippen molar-refractivity contribution in [3.05, 3.63) is 70.0 Å². The number of halogens is 1. The predicted molar refractivity (Wildman–Crippen MR) is 120 cm³/mol. The van der Waals surface area contributed by atoms with Crippen LogP contribution in [0.4, 0.5) is 11.4 Å². The number of benzene rings is 2. The van der Waals surface area contributed by atoms with Crippen LogP contribution in [-0.4, -0.2) is 22.0 Å². The number of methoxy groups -OCH3 is 1. The molecule has 0 fully saturated rings. The van der Waals surface area contributed by atoms with Gasteiger partial charge in [-0.3, -0.25) is 4.68 Å². The van der Waals surface area contributed by atoms with E-state index in [0.717, 1.165) is 44.7 Å². The molecule has 0 aliphatic carbocycles. The van der Waals surface area contributed by atoms with E-state index >= 15 is 0 Å². The van der Waals surface area contributed by atoms with E-state index in [2.05, 4.69) is 15.7 Å². The maximum absolute atomic E-state index is 6.29. The van der Waals surface area contributed by atoms with Gasteiger partial charge < -0.3 is 15.4 Å². The summed E-state index contributed by atoms with van der Waals surface area (Å²) in [6.07, 6.45) is 0. The highest BCUT2D eigenvalue weighted by Crippen LogP contribution is 2.27. The highest BCUT2D eigenvalue weighted by atomic mass is 35.5. The van der Waals surface area contributed by atoms with Crippen molar-refractivity contribution in [2.45, 2.75) is 27.3 Å². The summed E-state index contributed by atoms with van der Waals surface area (Å²) in [5.41, 5.74) is 5.69. The van der Waals surface area contributed by atoms with Crippen molar-refractivity contribution in [3.63, 3.8) is 0 Å². The Balaban J connectivity index is 1.78. The first-order valence-electron chi connectivity index (χ1n) is 8.89. The maximum atomic E-state index is 6.29. The second-order valence-electron chi connectivity index (χ2n) is 6.58. The van der Waals surface area contributed by atoms with Crippen LogP contribution in [0.3, 0.4) is 0 Å². The minimum Gasteiger partial charge on any atom is -0.495 e. The fourth-order valence-electron chi connectivity index (χ4n) is 3.01. The van der Waals surface area contributed by atoms with Crippen LogP contribution in [0.2, 0.25) is 5.02 Å². The molecule has 28 heavy (non-hydrogen) atoms. The predicted octanol–water partition coefficient (Wildman–Crippen LogP) is 5.33. The van der Waals surface area contributed by atoms with Gasteiger partial charge in [0.05, 0.1) is 36.4 Å². The number of rotatable bonds is 5. The van der Waals surface area contributed by atoms with Crippen LogP contribution in [0.25, 0.3) is 0 Å². The van der Waals surface area contributed by atoms with Crippen molar-refractivity contribution in [1.82, 2.24) is 9.78 Å². The number of nitrogens with one attached hydrogen (secondary N) is 2. The zero-order chi connectivity index (χ0) is 20.3. The van der Waals surface area contributed by atoms with Gasteiger partial charge in [-0.15, -0.1) is 0 Å². The molecule has 0 aliphatic heterocycles. The number of ether oxygens (including phenoxy) is 1. The molecule has 0 bridgehead atoms. The van der Waals surface area contributed by atoms with Gasteiger partial charge >= 0.3 is 0 Å². The van der Waals surface area contributed by atoms with E-state index in [1.807, 2.05) is 67.9 Å². The lowest BCUT2D eigenvalue weighted by atomic mass is 10.2. The zero-order valence-electron chi connectivity index (χ0n) is 16.3. The third-order valence-corrected chi connectivity index (χ3v) is 5.07. The first-order chi connectivity index (χ1) is 13.4. The van der Waals surface area contributed by atoms with Crippen LogP contribution < -0.4 is 15.4 Å². The van der Waals surface area contributed by atoms with E-state index in [1.54, 1.807) is 7.11 Å². The Morgan fingerprint density at radius 1 is 1.14 bits per heavy atom. The van der Waals surface area contributed by atoms with Crippen LogP contribution in [0.5, 0.6) is 5.75 Å². The van der Waals surface area contributed by atoms with Gasteiger partial charge in [-0.05, 0) is 62.3 Å². The summed E-state index contributed by atoms with van der Waals surface area (Å²) in [7, 11) is 1.64. The number of hydrogen-bond donors (Lipinski definition) is 2. The van der Waals surface area contributed by atoms with Gasteiger partial charge in [-0.1, -0.05) is 35.9 Å². The maximum Gasteiger partial charge on any atom is 0.175 e.